The molecule has 1 heterocycles. The van der Waals surface area contributed by atoms with Gasteiger partial charge in [0.1, 0.15) is 5.82 Å². The molecule has 0 atom stereocenters. The molecular weight excluding hydrogens is 433 g/mol. The summed E-state index contributed by atoms with van der Waals surface area (Å²) < 4.78 is 14.9. The maximum atomic E-state index is 14.3. The molecular formula is C19H17BrFN3O4. The lowest BCUT2D eigenvalue weighted by molar-refractivity contribution is 0.0169. The number of rotatable bonds is 6. The minimum absolute atomic E-state index is 0.0647. The molecule has 0 bridgehead atoms. The van der Waals surface area contributed by atoms with Gasteiger partial charge in [-0.2, -0.15) is 0 Å². The first-order valence-corrected chi connectivity index (χ1v) is 9.49. The molecule has 1 fully saturated rings. The molecule has 0 radical (unpaired) electrons. The number of halogens is 2. The number of carbonyl (C=O) groups is 2. The second-order valence-electron chi connectivity index (χ2n) is 6.73. The quantitative estimate of drug-likeness (QED) is 0.401. The second-order valence-corrected chi connectivity index (χ2v) is 7.65. The summed E-state index contributed by atoms with van der Waals surface area (Å²) in [6.45, 7) is -0.314. The highest BCUT2D eigenvalue weighted by Gasteiger charge is 2.52. The number of hydroxylamine groups is 1. The first-order chi connectivity index (χ1) is 13.4. The Labute approximate surface area is 168 Å². The molecule has 2 aromatic rings. The maximum Gasteiger partial charge on any atom is 0.276 e. The Morgan fingerprint density at radius 1 is 1.29 bits per heavy atom. The van der Waals surface area contributed by atoms with Crippen molar-refractivity contribution in [2.24, 2.45) is 0 Å². The number of benzene rings is 2. The van der Waals surface area contributed by atoms with Crippen molar-refractivity contribution in [3.8, 4) is 0 Å². The van der Waals surface area contributed by atoms with E-state index in [1.807, 2.05) is 0 Å². The maximum absolute atomic E-state index is 14.3. The lowest BCUT2D eigenvalue weighted by Gasteiger charge is -2.16. The molecule has 0 aromatic heterocycles. The zero-order valence-corrected chi connectivity index (χ0v) is 16.2. The number of amides is 2. The lowest BCUT2D eigenvalue weighted by Crippen LogP contribution is -2.27. The minimum Gasteiger partial charge on any atom is -0.394 e. The number of fused-ring (bicyclic) bond motifs is 2. The van der Waals surface area contributed by atoms with Crippen molar-refractivity contribution in [2.45, 2.75) is 18.4 Å². The third kappa shape index (κ3) is 3.36. The standard InChI is InChI=1S/C19H17BrFN3O4/c20-10-1-2-15(14(21)7-10)22-16-9-11-13(19(3-4-19)23-17(11)26)8-12(16)18(27)24-28-6-5-25/h1-2,7-9,22,25H,3-6H2,(H,23,26)(H,24,27). The number of hydrogen-bond donors (Lipinski definition) is 4. The molecule has 2 aliphatic rings. The lowest BCUT2D eigenvalue weighted by atomic mass is 9.98. The molecule has 0 unspecified atom stereocenters. The van der Waals surface area contributed by atoms with E-state index in [1.165, 1.54) is 12.1 Å². The van der Waals surface area contributed by atoms with Crippen LogP contribution in [0.5, 0.6) is 0 Å². The fourth-order valence-electron chi connectivity index (χ4n) is 3.30. The molecule has 7 nitrogen and oxygen atoms in total. The molecule has 9 heteroatoms. The highest BCUT2D eigenvalue weighted by atomic mass is 79.9. The summed E-state index contributed by atoms with van der Waals surface area (Å²) in [6, 6.07) is 7.68. The molecule has 2 aromatic carbocycles. The number of aliphatic hydroxyl groups is 1. The van der Waals surface area contributed by atoms with E-state index in [0.717, 1.165) is 18.4 Å². The monoisotopic (exact) mass is 449 g/mol. The van der Waals surface area contributed by atoms with Crippen molar-refractivity contribution >= 4 is 39.1 Å². The summed E-state index contributed by atoms with van der Waals surface area (Å²) in [5.41, 5.74) is 3.71. The number of hydrogen-bond acceptors (Lipinski definition) is 5. The van der Waals surface area contributed by atoms with E-state index in [0.29, 0.717) is 10.0 Å². The largest absolute Gasteiger partial charge is 0.394 e. The second kappa shape index (κ2) is 7.16. The van der Waals surface area contributed by atoms with E-state index in [9.17, 15) is 14.0 Å². The predicted octanol–water partition coefficient (Wildman–Crippen LogP) is 2.72. The summed E-state index contributed by atoms with van der Waals surface area (Å²) in [5.74, 6) is -1.29. The average molecular weight is 450 g/mol. The van der Waals surface area contributed by atoms with Crippen LogP contribution in [-0.2, 0) is 10.4 Å². The first kappa shape index (κ1) is 18.9. The Kier molecular flexibility index (Phi) is 4.82. The van der Waals surface area contributed by atoms with Crippen molar-refractivity contribution in [3.05, 3.63) is 57.3 Å². The van der Waals surface area contributed by atoms with Crippen LogP contribution in [0.2, 0.25) is 0 Å². The van der Waals surface area contributed by atoms with Crippen LogP contribution in [0.1, 0.15) is 39.1 Å². The number of carbonyl (C=O) groups excluding carboxylic acids is 2. The molecule has 28 heavy (non-hydrogen) atoms. The van der Waals surface area contributed by atoms with Crippen LogP contribution < -0.4 is 16.1 Å². The summed E-state index contributed by atoms with van der Waals surface area (Å²) in [5, 5.41) is 14.7. The van der Waals surface area contributed by atoms with Crippen LogP contribution in [0.25, 0.3) is 0 Å². The fourth-order valence-corrected chi connectivity index (χ4v) is 3.63. The highest BCUT2D eigenvalue weighted by molar-refractivity contribution is 9.10. The van der Waals surface area contributed by atoms with Gasteiger partial charge in [0.05, 0.1) is 35.7 Å². The summed E-state index contributed by atoms with van der Waals surface area (Å²) >= 11 is 3.20. The number of nitrogens with one attached hydrogen (secondary N) is 3. The van der Waals surface area contributed by atoms with E-state index < -0.39 is 17.3 Å². The highest BCUT2D eigenvalue weighted by Crippen LogP contribution is 2.51. The Balaban J connectivity index is 1.74. The van der Waals surface area contributed by atoms with E-state index in [-0.39, 0.29) is 36.1 Å². The molecule has 2 amide bonds. The SMILES string of the molecule is O=C(NOCCO)c1cc2c(cc1Nc1ccc(Br)cc1F)C(=O)NC21CC1. The molecule has 1 aliphatic heterocycles. The van der Waals surface area contributed by atoms with Gasteiger partial charge < -0.3 is 15.7 Å². The Hall–Kier alpha value is -2.49. The van der Waals surface area contributed by atoms with Crippen LogP contribution in [0.3, 0.4) is 0 Å². The minimum atomic E-state index is -0.564. The van der Waals surface area contributed by atoms with Crippen LogP contribution >= 0.6 is 15.9 Å². The van der Waals surface area contributed by atoms with Crippen molar-refractivity contribution in [1.29, 1.82) is 0 Å². The van der Waals surface area contributed by atoms with Gasteiger partial charge >= 0.3 is 0 Å². The molecule has 4 N–H and O–H groups in total. The smallest absolute Gasteiger partial charge is 0.276 e. The first-order valence-electron chi connectivity index (χ1n) is 8.70. The molecule has 0 saturated heterocycles. The van der Waals surface area contributed by atoms with Gasteiger partial charge in [-0.25, -0.2) is 9.87 Å². The van der Waals surface area contributed by atoms with Crippen molar-refractivity contribution in [1.82, 2.24) is 10.8 Å². The van der Waals surface area contributed by atoms with Gasteiger partial charge in [0.15, 0.2) is 0 Å². The van der Waals surface area contributed by atoms with Crippen LogP contribution in [0, 0.1) is 5.82 Å². The third-order valence-electron chi connectivity index (χ3n) is 4.82. The number of anilines is 2. The summed E-state index contributed by atoms with van der Waals surface area (Å²) in [4.78, 5) is 29.9. The van der Waals surface area contributed by atoms with Gasteiger partial charge in [-0.15, -0.1) is 0 Å². The van der Waals surface area contributed by atoms with Gasteiger partial charge in [0.25, 0.3) is 11.8 Å². The van der Waals surface area contributed by atoms with E-state index in [2.05, 4.69) is 32.0 Å². The van der Waals surface area contributed by atoms with E-state index in [4.69, 9.17) is 9.94 Å². The zero-order chi connectivity index (χ0) is 19.9. The van der Waals surface area contributed by atoms with E-state index >= 15 is 0 Å². The van der Waals surface area contributed by atoms with Crippen LogP contribution in [0.15, 0.2) is 34.8 Å². The van der Waals surface area contributed by atoms with Crippen molar-refractivity contribution < 1.29 is 23.9 Å². The summed E-state index contributed by atoms with van der Waals surface area (Å²) in [7, 11) is 0. The van der Waals surface area contributed by atoms with Crippen molar-refractivity contribution in [3.63, 3.8) is 0 Å². The Bertz CT molecular complexity index is 978. The molecule has 4 rings (SSSR count). The zero-order valence-electron chi connectivity index (χ0n) is 14.6. The molecule has 1 aliphatic carbocycles. The number of aliphatic hydroxyl groups excluding tert-OH is 1. The topological polar surface area (TPSA) is 99.7 Å². The predicted molar refractivity (Wildman–Crippen MR) is 103 cm³/mol. The normalized spacial score (nSPS) is 15.9. The molecule has 146 valence electrons. The van der Waals surface area contributed by atoms with Gasteiger partial charge in [-0.3, -0.25) is 14.4 Å². The fraction of sp³-hybridized carbons (Fsp3) is 0.263. The third-order valence-corrected chi connectivity index (χ3v) is 5.32. The van der Waals surface area contributed by atoms with Crippen LogP contribution in [-0.4, -0.2) is 30.1 Å². The summed E-state index contributed by atoms with van der Waals surface area (Å²) in [6.07, 6.45) is 1.61. The van der Waals surface area contributed by atoms with Crippen LogP contribution in [0.4, 0.5) is 15.8 Å². The average Bonchev–Trinajstić information content (AvgIpc) is 3.38. The molecule has 1 saturated carbocycles. The molecule has 1 spiro atoms. The Morgan fingerprint density at radius 3 is 2.75 bits per heavy atom. The van der Waals surface area contributed by atoms with Gasteiger partial charge in [0.2, 0.25) is 0 Å². The Morgan fingerprint density at radius 2 is 2.07 bits per heavy atom. The van der Waals surface area contributed by atoms with Gasteiger partial charge in [-0.05, 0) is 48.7 Å². The van der Waals surface area contributed by atoms with Crippen molar-refractivity contribution in [2.75, 3.05) is 18.5 Å². The van der Waals surface area contributed by atoms with E-state index in [1.54, 1.807) is 18.2 Å². The van der Waals surface area contributed by atoms with Gasteiger partial charge in [-0.1, -0.05) is 15.9 Å². The van der Waals surface area contributed by atoms with Gasteiger partial charge in [0, 0.05) is 10.0 Å².